The molecule has 0 aromatic heterocycles. The Hall–Kier alpha value is -1.97. The predicted molar refractivity (Wildman–Crippen MR) is 74.6 cm³/mol. The standard InChI is InChI=1S/C15H21NO3/c1-13(11-18-3)9-10-16(2)15(17)19-12-14-7-5-4-6-8-14/h4-8,11H,9-10,12H2,1-3H3/b13-11-. The molecule has 0 N–H and O–H groups in total. The smallest absolute Gasteiger partial charge is 0.409 e. The Morgan fingerprint density at radius 2 is 2.00 bits per heavy atom. The summed E-state index contributed by atoms with van der Waals surface area (Å²) < 4.78 is 10.1. The molecule has 1 aromatic rings. The molecule has 0 heterocycles. The Morgan fingerprint density at radius 3 is 2.63 bits per heavy atom. The van der Waals surface area contributed by atoms with E-state index in [9.17, 15) is 4.79 Å². The summed E-state index contributed by atoms with van der Waals surface area (Å²) in [5, 5.41) is 0. The van der Waals surface area contributed by atoms with Crippen LogP contribution in [0, 0.1) is 0 Å². The Labute approximate surface area is 114 Å². The molecule has 0 fully saturated rings. The first-order chi connectivity index (χ1) is 9.13. The van der Waals surface area contributed by atoms with Gasteiger partial charge in [0.2, 0.25) is 0 Å². The van der Waals surface area contributed by atoms with Gasteiger partial charge in [0.25, 0.3) is 0 Å². The van der Waals surface area contributed by atoms with Crippen LogP contribution in [0.25, 0.3) is 0 Å². The van der Waals surface area contributed by atoms with Gasteiger partial charge in [-0.2, -0.15) is 0 Å². The molecule has 4 heteroatoms. The van der Waals surface area contributed by atoms with E-state index in [1.54, 1.807) is 25.3 Å². The maximum absolute atomic E-state index is 11.7. The molecule has 0 aliphatic heterocycles. The molecule has 0 aliphatic carbocycles. The molecule has 19 heavy (non-hydrogen) atoms. The third kappa shape index (κ3) is 5.95. The first-order valence-electron chi connectivity index (χ1n) is 6.23. The minimum absolute atomic E-state index is 0.302. The lowest BCUT2D eigenvalue weighted by molar-refractivity contribution is 0.105. The van der Waals surface area contributed by atoms with Gasteiger partial charge >= 0.3 is 6.09 Å². The minimum atomic E-state index is -0.311. The van der Waals surface area contributed by atoms with Gasteiger partial charge in [-0.05, 0) is 24.5 Å². The van der Waals surface area contributed by atoms with Crippen molar-refractivity contribution < 1.29 is 14.3 Å². The second-order valence-electron chi connectivity index (χ2n) is 4.41. The molecule has 0 aliphatic rings. The molecule has 0 radical (unpaired) electrons. The Morgan fingerprint density at radius 1 is 1.32 bits per heavy atom. The monoisotopic (exact) mass is 263 g/mol. The molecule has 0 unspecified atom stereocenters. The van der Waals surface area contributed by atoms with E-state index in [4.69, 9.17) is 9.47 Å². The van der Waals surface area contributed by atoms with Crippen molar-refractivity contribution in [3.63, 3.8) is 0 Å². The quantitative estimate of drug-likeness (QED) is 0.740. The van der Waals surface area contributed by atoms with Crippen LogP contribution >= 0.6 is 0 Å². The van der Waals surface area contributed by atoms with Crippen molar-refractivity contribution in [3.8, 4) is 0 Å². The van der Waals surface area contributed by atoms with Crippen LogP contribution in [-0.4, -0.2) is 31.7 Å². The molecular formula is C15H21NO3. The molecule has 1 rings (SSSR count). The number of hydrogen-bond donors (Lipinski definition) is 0. The molecule has 0 saturated carbocycles. The number of rotatable bonds is 6. The fraction of sp³-hybridized carbons (Fsp3) is 0.400. The van der Waals surface area contributed by atoms with E-state index in [-0.39, 0.29) is 6.09 Å². The molecule has 1 amide bonds. The van der Waals surface area contributed by atoms with Crippen molar-refractivity contribution in [2.75, 3.05) is 20.7 Å². The van der Waals surface area contributed by atoms with Gasteiger partial charge in [0.05, 0.1) is 13.4 Å². The maximum atomic E-state index is 11.7. The minimum Gasteiger partial charge on any atom is -0.504 e. The second-order valence-corrected chi connectivity index (χ2v) is 4.41. The van der Waals surface area contributed by atoms with Gasteiger partial charge in [-0.15, -0.1) is 0 Å². The zero-order valence-corrected chi connectivity index (χ0v) is 11.8. The first-order valence-corrected chi connectivity index (χ1v) is 6.23. The predicted octanol–water partition coefficient (Wildman–Crippen LogP) is 3.20. The van der Waals surface area contributed by atoms with E-state index in [1.807, 2.05) is 37.3 Å². The van der Waals surface area contributed by atoms with Crippen molar-refractivity contribution in [1.82, 2.24) is 4.90 Å². The van der Waals surface area contributed by atoms with Crippen LogP contribution in [0.3, 0.4) is 0 Å². The first kappa shape index (κ1) is 15.1. The van der Waals surface area contributed by atoms with Crippen molar-refractivity contribution >= 4 is 6.09 Å². The average Bonchev–Trinajstić information content (AvgIpc) is 2.43. The molecule has 0 spiro atoms. The normalized spacial score (nSPS) is 11.0. The number of amides is 1. The molecule has 104 valence electrons. The van der Waals surface area contributed by atoms with Crippen LogP contribution < -0.4 is 0 Å². The Kier molecular flexibility index (Phi) is 6.50. The summed E-state index contributed by atoms with van der Waals surface area (Å²) in [6, 6.07) is 9.64. The van der Waals surface area contributed by atoms with E-state index in [1.165, 1.54) is 0 Å². The number of nitrogens with zero attached hydrogens (tertiary/aromatic N) is 1. The van der Waals surface area contributed by atoms with Crippen molar-refractivity contribution in [1.29, 1.82) is 0 Å². The molecule has 0 atom stereocenters. The van der Waals surface area contributed by atoms with Gasteiger partial charge in [0, 0.05) is 13.6 Å². The van der Waals surface area contributed by atoms with Crippen LogP contribution in [0.4, 0.5) is 4.79 Å². The molecular weight excluding hydrogens is 242 g/mol. The lowest BCUT2D eigenvalue weighted by Gasteiger charge is -2.17. The third-order valence-electron chi connectivity index (χ3n) is 2.68. The summed E-state index contributed by atoms with van der Waals surface area (Å²) in [5.74, 6) is 0. The Bertz CT molecular complexity index is 415. The summed E-state index contributed by atoms with van der Waals surface area (Å²) >= 11 is 0. The number of benzene rings is 1. The number of ether oxygens (including phenoxy) is 2. The van der Waals surface area contributed by atoms with E-state index in [0.29, 0.717) is 13.2 Å². The highest BCUT2D eigenvalue weighted by atomic mass is 16.6. The number of carbonyl (C=O) groups is 1. The highest BCUT2D eigenvalue weighted by Crippen LogP contribution is 2.05. The lowest BCUT2D eigenvalue weighted by Crippen LogP contribution is -2.28. The lowest BCUT2D eigenvalue weighted by atomic mass is 10.2. The van der Waals surface area contributed by atoms with Gasteiger partial charge in [0.15, 0.2) is 0 Å². The Balaban J connectivity index is 2.31. The topological polar surface area (TPSA) is 38.8 Å². The summed E-state index contributed by atoms with van der Waals surface area (Å²) in [7, 11) is 3.34. The van der Waals surface area contributed by atoms with Crippen LogP contribution in [0.2, 0.25) is 0 Å². The number of methoxy groups -OCH3 is 1. The van der Waals surface area contributed by atoms with E-state index in [2.05, 4.69) is 0 Å². The fourth-order valence-corrected chi connectivity index (χ4v) is 1.52. The fourth-order valence-electron chi connectivity index (χ4n) is 1.52. The molecule has 0 bridgehead atoms. The summed E-state index contributed by atoms with van der Waals surface area (Å²) in [5.41, 5.74) is 2.07. The highest BCUT2D eigenvalue weighted by Gasteiger charge is 2.09. The number of hydrogen-bond acceptors (Lipinski definition) is 3. The zero-order valence-electron chi connectivity index (χ0n) is 11.8. The maximum Gasteiger partial charge on any atom is 0.409 e. The van der Waals surface area contributed by atoms with Gasteiger partial charge in [-0.3, -0.25) is 0 Å². The van der Waals surface area contributed by atoms with E-state index < -0.39 is 0 Å². The third-order valence-corrected chi connectivity index (χ3v) is 2.68. The molecule has 1 aromatic carbocycles. The van der Waals surface area contributed by atoms with Gasteiger partial charge < -0.3 is 14.4 Å². The SMILES string of the molecule is CO/C=C(/C)CCN(C)C(=O)OCc1ccccc1. The number of carbonyl (C=O) groups excluding carboxylic acids is 1. The zero-order chi connectivity index (χ0) is 14.1. The largest absolute Gasteiger partial charge is 0.504 e. The molecule has 4 nitrogen and oxygen atoms in total. The van der Waals surface area contributed by atoms with E-state index >= 15 is 0 Å². The van der Waals surface area contributed by atoms with Crippen LogP contribution in [-0.2, 0) is 16.1 Å². The van der Waals surface area contributed by atoms with Gasteiger partial charge in [0.1, 0.15) is 6.61 Å². The van der Waals surface area contributed by atoms with Crippen molar-refractivity contribution in [2.24, 2.45) is 0 Å². The molecule has 0 saturated heterocycles. The van der Waals surface area contributed by atoms with Crippen LogP contribution in [0.1, 0.15) is 18.9 Å². The second kappa shape index (κ2) is 8.19. The summed E-state index contributed by atoms with van der Waals surface area (Å²) in [6.45, 7) is 2.88. The van der Waals surface area contributed by atoms with E-state index in [0.717, 1.165) is 17.6 Å². The highest BCUT2D eigenvalue weighted by molar-refractivity contribution is 5.67. The van der Waals surface area contributed by atoms with Crippen molar-refractivity contribution in [2.45, 2.75) is 20.0 Å². The summed E-state index contributed by atoms with van der Waals surface area (Å²) in [6.07, 6.45) is 2.14. The summed E-state index contributed by atoms with van der Waals surface area (Å²) in [4.78, 5) is 13.3. The van der Waals surface area contributed by atoms with Gasteiger partial charge in [-0.1, -0.05) is 30.3 Å². The van der Waals surface area contributed by atoms with Crippen LogP contribution in [0.15, 0.2) is 42.2 Å². The van der Waals surface area contributed by atoms with Crippen molar-refractivity contribution in [3.05, 3.63) is 47.7 Å². The van der Waals surface area contributed by atoms with Crippen LogP contribution in [0.5, 0.6) is 0 Å². The van der Waals surface area contributed by atoms with Gasteiger partial charge in [-0.25, -0.2) is 4.79 Å². The average molecular weight is 263 g/mol.